The maximum absolute atomic E-state index is 12.7. The monoisotopic (exact) mass is 464 g/mol. The number of carbonyl (C=O) groups excluding carboxylic acids is 1. The first-order valence-electron chi connectivity index (χ1n) is 10.2. The second-order valence-electron chi connectivity index (χ2n) is 7.59. The number of nitro groups is 1. The van der Waals surface area contributed by atoms with Gasteiger partial charge in [0, 0.05) is 11.8 Å². The van der Waals surface area contributed by atoms with Gasteiger partial charge in [-0.3, -0.25) is 24.3 Å². The molecule has 0 bridgehead atoms. The largest absolute Gasteiger partial charge is 0.312 e. The van der Waals surface area contributed by atoms with Gasteiger partial charge >= 0.3 is 5.69 Å². The van der Waals surface area contributed by atoms with Gasteiger partial charge in [-0.15, -0.1) is 0 Å². The molecule has 4 aromatic rings. The van der Waals surface area contributed by atoms with Crippen LogP contribution in [-0.4, -0.2) is 30.4 Å². The van der Waals surface area contributed by atoms with Crippen molar-refractivity contribution in [3.8, 4) is 0 Å². The molecule has 0 fully saturated rings. The standard InChI is InChI=1S/C23H21ClN6O3/c1-15-21(30(32)33)16(2)29(26-15)13-18-8-10-19(11-9-18)23(31)25-22-20(24)14-28(27-22)12-17-6-4-3-5-7-17/h3-11,14H,12-13H2,1-2H3,(H,25,27,31). The molecule has 2 aromatic heterocycles. The third kappa shape index (κ3) is 4.93. The summed E-state index contributed by atoms with van der Waals surface area (Å²) in [7, 11) is 0. The topological polar surface area (TPSA) is 108 Å². The van der Waals surface area contributed by atoms with Crippen molar-refractivity contribution in [2.45, 2.75) is 26.9 Å². The van der Waals surface area contributed by atoms with Crippen molar-refractivity contribution in [3.63, 3.8) is 0 Å². The Bertz CT molecular complexity index is 1310. The number of hydrogen-bond donors (Lipinski definition) is 1. The van der Waals surface area contributed by atoms with E-state index in [4.69, 9.17) is 11.6 Å². The van der Waals surface area contributed by atoms with E-state index in [0.29, 0.717) is 35.1 Å². The quantitative estimate of drug-likeness (QED) is 0.317. The van der Waals surface area contributed by atoms with Crippen molar-refractivity contribution in [1.82, 2.24) is 19.6 Å². The number of nitrogens with zero attached hydrogens (tertiary/aromatic N) is 5. The van der Waals surface area contributed by atoms with Crippen LogP contribution in [0.2, 0.25) is 5.02 Å². The highest BCUT2D eigenvalue weighted by atomic mass is 35.5. The molecule has 0 saturated heterocycles. The van der Waals surface area contributed by atoms with Crippen LogP contribution < -0.4 is 5.32 Å². The molecule has 4 rings (SSSR count). The van der Waals surface area contributed by atoms with Gasteiger partial charge in [-0.2, -0.15) is 10.2 Å². The first-order chi connectivity index (χ1) is 15.8. The lowest BCUT2D eigenvalue weighted by atomic mass is 10.1. The smallest absolute Gasteiger partial charge is 0.304 e. The lowest BCUT2D eigenvalue weighted by Crippen LogP contribution is -2.13. The van der Waals surface area contributed by atoms with E-state index in [-0.39, 0.29) is 17.4 Å². The molecule has 0 aliphatic rings. The van der Waals surface area contributed by atoms with Gasteiger partial charge in [0.15, 0.2) is 5.82 Å². The van der Waals surface area contributed by atoms with Crippen molar-refractivity contribution in [3.05, 3.63) is 104 Å². The molecule has 2 heterocycles. The molecule has 2 aromatic carbocycles. The van der Waals surface area contributed by atoms with E-state index < -0.39 is 4.92 Å². The Balaban J connectivity index is 1.43. The molecule has 10 heteroatoms. The van der Waals surface area contributed by atoms with Crippen molar-refractivity contribution in [2.75, 3.05) is 5.32 Å². The third-order valence-electron chi connectivity index (χ3n) is 5.21. The molecular formula is C23H21ClN6O3. The fourth-order valence-corrected chi connectivity index (χ4v) is 3.75. The van der Waals surface area contributed by atoms with Gasteiger partial charge in [0.25, 0.3) is 5.91 Å². The van der Waals surface area contributed by atoms with Crippen LogP contribution in [0, 0.1) is 24.0 Å². The highest BCUT2D eigenvalue weighted by Gasteiger charge is 2.21. The average molecular weight is 465 g/mol. The Kier molecular flexibility index (Phi) is 6.23. The van der Waals surface area contributed by atoms with E-state index in [2.05, 4.69) is 15.5 Å². The number of nitrogens with one attached hydrogen (secondary N) is 1. The predicted molar refractivity (Wildman–Crippen MR) is 125 cm³/mol. The molecule has 0 aliphatic carbocycles. The number of aromatic nitrogens is 4. The van der Waals surface area contributed by atoms with E-state index in [1.165, 1.54) is 0 Å². The van der Waals surface area contributed by atoms with Gasteiger partial charge in [-0.25, -0.2) is 0 Å². The van der Waals surface area contributed by atoms with Gasteiger partial charge in [0.1, 0.15) is 16.4 Å². The summed E-state index contributed by atoms with van der Waals surface area (Å²) in [6, 6.07) is 16.7. The summed E-state index contributed by atoms with van der Waals surface area (Å²) in [5.41, 5.74) is 3.24. The Morgan fingerprint density at radius 3 is 2.33 bits per heavy atom. The second kappa shape index (κ2) is 9.25. The number of benzene rings is 2. The molecule has 0 spiro atoms. The fraction of sp³-hybridized carbons (Fsp3) is 0.174. The summed E-state index contributed by atoms with van der Waals surface area (Å²) in [5, 5.41) is 22.9. The van der Waals surface area contributed by atoms with E-state index in [9.17, 15) is 14.9 Å². The molecule has 0 unspecified atom stereocenters. The van der Waals surface area contributed by atoms with Crippen molar-refractivity contribution in [2.24, 2.45) is 0 Å². The van der Waals surface area contributed by atoms with E-state index in [1.54, 1.807) is 53.7 Å². The van der Waals surface area contributed by atoms with Gasteiger partial charge in [-0.1, -0.05) is 54.1 Å². The first kappa shape index (κ1) is 22.2. The van der Waals surface area contributed by atoms with Crippen LogP contribution in [0.1, 0.15) is 32.9 Å². The Morgan fingerprint density at radius 1 is 1.03 bits per heavy atom. The summed E-state index contributed by atoms with van der Waals surface area (Å²) in [6.45, 7) is 4.18. The minimum atomic E-state index is -0.423. The summed E-state index contributed by atoms with van der Waals surface area (Å²) < 4.78 is 3.26. The molecule has 9 nitrogen and oxygen atoms in total. The number of rotatable bonds is 7. The molecule has 0 atom stereocenters. The summed E-state index contributed by atoms with van der Waals surface area (Å²) >= 11 is 6.25. The fourth-order valence-electron chi connectivity index (χ4n) is 3.55. The molecular weight excluding hydrogens is 444 g/mol. The SMILES string of the molecule is Cc1nn(Cc2ccc(C(=O)Nc3nn(Cc4ccccc4)cc3Cl)cc2)c(C)c1[N+](=O)[O-]. The molecule has 0 aliphatic heterocycles. The molecule has 0 saturated carbocycles. The molecule has 168 valence electrons. The van der Waals surface area contributed by atoms with Crippen LogP contribution >= 0.6 is 11.6 Å². The second-order valence-corrected chi connectivity index (χ2v) is 8.00. The predicted octanol–water partition coefficient (Wildman–Crippen LogP) is 4.61. The minimum Gasteiger partial charge on any atom is -0.304 e. The van der Waals surface area contributed by atoms with Crippen LogP contribution in [0.25, 0.3) is 0 Å². The summed E-state index contributed by atoms with van der Waals surface area (Å²) in [5.74, 6) is -0.0493. The Morgan fingerprint density at radius 2 is 1.70 bits per heavy atom. The number of anilines is 1. The number of aryl methyl sites for hydroxylation is 1. The summed E-state index contributed by atoms with van der Waals surface area (Å²) in [6.07, 6.45) is 1.67. The number of hydrogen-bond acceptors (Lipinski definition) is 5. The lowest BCUT2D eigenvalue weighted by molar-refractivity contribution is -0.386. The minimum absolute atomic E-state index is 0.0228. The number of carbonyl (C=O) groups is 1. The van der Waals surface area contributed by atoms with Gasteiger partial charge in [0.2, 0.25) is 0 Å². The molecule has 1 amide bonds. The van der Waals surface area contributed by atoms with E-state index in [0.717, 1.165) is 11.1 Å². The van der Waals surface area contributed by atoms with Gasteiger partial charge < -0.3 is 5.32 Å². The zero-order chi connectivity index (χ0) is 23.5. The Labute approximate surface area is 194 Å². The van der Waals surface area contributed by atoms with Crippen LogP contribution in [0.5, 0.6) is 0 Å². The molecule has 0 radical (unpaired) electrons. The normalized spacial score (nSPS) is 10.9. The van der Waals surface area contributed by atoms with Crippen molar-refractivity contribution in [1.29, 1.82) is 0 Å². The zero-order valence-corrected chi connectivity index (χ0v) is 18.8. The highest BCUT2D eigenvalue weighted by molar-refractivity contribution is 6.33. The molecule has 33 heavy (non-hydrogen) atoms. The van der Waals surface area contributed by atoms with Gasteiger partial charge in [0.05, 0.1) is 18.0 Å². The molecule has 1 N–H and O–H groups in total. The number of amides is 1. The van der Waals surface area contributed by atoms with Gasteiger partial charge in [-0.05, 0) is 37.1 Å². The van der Waals surface area contributed by atoms with Crippen LogP contribution in [0.4, 0.5) is 11.5 Å². The van der Waals surface area contributed by atoms with Crippen molar-refractivity contribution < 1.29 is 9.72 Å². The lowest BCUT2D eigenvalue weighted by Gasteiger charge is -2.06. The highest BCUT2D eigenvalue weighted by Crippen LogP contribution is 2.23. The Hall–Kier alpha value is -3.98. The maximum Gasteiger partial charge on any atom is 0.312 e. The van der Waals surface area contributed by atoms with Crippen molar-refractivity contribution >= 4 is 29.0 Å². The number of halogens is 1. The van der Waals surface area contributed by atoms with Crippen LogP contribution in [0.3, 0.4) is 0 Å². The summed E-state index contributed by atoms with van der Waals surface area (Å²) in [4.78, 5) is 23.4. The first-order valence-corrected chi connectivity index (χ1v) is 10.5. The van der Waals surface area contributed by atoms with E-state index >= 15 is 0 Å². The average Bonchev–Trinajstić information content (AvgIpc) is 3.26. The van der Waals surface area contributed by atoms with Crippen LogP contribution in [0.15, 0.2) is 60.8 Å². The van der Waals surface area contributed by atoms with E-state index in [1.807, 2.05) is 30.3 Å². The maximum atomic E-state index is 12.7. The third-order valence-corrected chi connectivity index (χ3v) is 5.49. The zero-order valence-electron chi connectivity index (χ0n) is 18.0. The van der Waals surface area contributed by atoms with Crippen LogP contribution in [-0.2, 0) is 13.1 Å².